The van der Waals surface area contributed by atoms with Crippen LogP contribution in [-0.2, 0) is 16.0 Å². The Morgan fingerprint density at radius 3 is 2.52 bits per heavy atom. The van der Waals surface area contributed by atoms with Gasteiger partial charge in [0, 0.05) is 29.6 Å². The minimum Gasteiger partial charge on any atom is -0.495 e. The fourth-order valence-corrected chi connectivity index (χ4v) is 5.14. The predicted molar refractivity (Wildman–Crippen MR) is 125 cm³/mol. The van der Waals surface area contributed by atoms with Crippen molar-refractivity contribution in [1.82, 2.24) is 4.90 Å². The second kappa shape index (κ2) is 9.13. The number of carbonyl (C=O) groups is 2. The van der Waals surface area contributed by atoms with E-state index in [-0.39, 0.29) is 23.1 Å². The zero-order valence-electron chi connectivity index (χ0n) is 17.8. The molecule has 1 atom stereocenters. The van der Waals surface area contributed by atoms with Gasteiger partial charge in [-0.05, 0) is 66.8 Å². The molecule has 1 saturated carbocycles. The standard InChI is InChI=1S/C24H27ClN2O3S/c1-30-21-8-5-17(14-20(21)25)26-23(29)19-15-24(19)9-11-27(12-10-24)22(28)13-16-3-6-18(31-2)7-4-16/h3-8,14,19H,9-13,15H2,1-2H3,(H,26,29). The van der Waals surface area contributed by atoms with Crippen LogP contribution >= 0.6 is 23.4 Å². The molecule has 2 fully saturated rings. The molecule has 0 bridgehead atoms. The number of methoxy groups -OCH3 is 1. The molecule has 4 rings (SSSR count). The molecule has 164 valence electrons. The third kappa shape index (κ3) is 4.85. The average Bonchev–Trinajstić information content (AvgIpc) is 3.48. The molecule has 2 amide bonds. The number of hydrogen-bond donors (Lipinski definition) is 1. The number of carbonyl (C=O) groups excluding carboxylic acids is 2. The van der Waals surface area contributed by atoms with Gasteiger partial charge in [-0.3, -0.25) is 9.59 Å². The van der Waals surface area contributed by atoms with Gasteiger partial charge in [0.15, 0.2) is 0 Å². The van der Waals surface area contributed by atoms with Crippen molar-refractivity contribution in [3.05, 3.63) is 53.1 Å². The van der Waals surface area contributed by atoms with E-state index < -0.39 is 0 Å². The highest BCUT2D eigenvalue weighted by Gasteiger charge is 2.58. The number of ether oxygens (including phenoxy) is 1. The first-order valence-corrected chi connectivity index (χ1v) is 12.1. The minimum absolute atomic E-state index is 0.00437. The lowest BCUT2D eigenvalue weighted by atomic mass is 9.90. The number of benzene rings is 2. The Kier molecular flexibility index (Phi) is 6.49. The molecule has 1 aliphatic heterocycles. The van der Waals surface area contributed by atoms with Gasteiger partial charge in [0.1, 0.15) is 5.75 Å². The van der Waals surface area contributed by atoms with Gasteiger partial charge in [-0.2, -0.15) is 0 Å². The van der Waals surface area contributed by atoms with Crippen LogP contribution in [0.5, 0.6) is 5.75 Å². The maximum Gasteiger partial charge on any atom is 0.228 e. The van der Waals surface area contributed by atoms with E-state index in [1.54, 1.807) is 37.1 Å². The summed E-state index contributed by atoms with van der Waals surface area (Å²) in [7, 11) is 1.56. The lowest BCUT2D eigenvalue weighted by Gasteiger charge is -2.33. The number of anilines is 1. The van der Waals surface area contributed by atoms with Crippen LogP contribution in [0.25, 0.3) is 0 Å². The van der Waals surface area contributed by atoms with Crippen molar-refractivity contribution in [2.24, 2.45) is 11.3 Å². The third-order valence-corrected chi connectivity index (χ3v) is 7.59. The molecule has 1 unspecified atom stereocenters. The summed E-state index contributed by atoms with van der Waals surface area (Å²) in [6.45, 7) is 1.44. The third-order valence-electron chi connectivity index (χ3n) is 6.55. The SMILES string of the molecule is COc1ccc(NC(=O)C2CC23CCN(C(=O)Cc2ccc(SC)cc2)CC3)cc1Cl. The van der Waals surface area contributed by atoms with E-state index in [0.29, 0.717) is 22.9 Å². The number of amides is 2. The van der Waals surface area contributed by atoms with Crippen molar-refractivity contribution in [3.8, 4) is 5.75 Å². The highest BCUT2D eigenvalue weighted by atomic mass is 35.5. The van der Waals surface area contributed by atoms with Crippen molar-refractivity contribution in [2.75, 3.05) is 31.8 Å². The normalized spacial score (nSPS) is 19.2. The average molecular weight is 459 g/mol. The summed E-state index contributed by atoms with van der Waals surface area (Å²) in [5, 5.41) is 3.46. The summed E-state index contributed by atoms with van der Waals surface area (Å²) in [5.74, 6) is 0.792. The Balaban J connectivity index is 1.28. The maximum atomic E-state index is 12.8. The lowest BCUT2D eigenvalue weighted by Crippen LogP contribution is -2.41. The van der Waals surface area contributed by atoms with Crippen LogP contribution in [0.2, 0.25) is 5.02 Å². The van der Waals surface area contributed by atoms with Crippen molar-refractivity contribution in [2.45, 2.75) is 30.6 Å². The molecule has 2 aromatic rings. The van der Waals surface area contributed by atoms with Gasteiger partial charge in [-0.1, -0.05) is 23.7 Å². The van der Waals surface area contributed by atoms with Crippen molar-refractivity contribution in [1.29, 1.82) is 0 Å². The first-order chi connectivity index (χ1) is 14.9. The van der Waals surface area contributed by atoms with Crippen LogP contribution in [0.3, 0.4) is 0 Å². The van der Waals surface area contributed by atoms with Gasteiger partial charge in [0.2, 0.25) is 11.8 Å². The van der Waals surface area contributed by atoms with Gasteiger partial charge < -0.3 is 15.0 Å². The topological polar surface area (TPSA) is 58.6 Å². The first-order valence-electron chi connectivity index (χ1n) is 10.5. The molecular formula is C24H27ClN2O3S. The van der Waals surface area contributed by atoms with Crippen molar-refractivity contribution >= 4 is 40.9 Å². The molecule has 0 radical (unpaired) electrons. The van der Waals surface area contributed by atoms with Crippen molar-refractivity contribution < 1.29 is 14.3 Å². The zero-order valence-corrected chi connectivity index (χ0v) is 19.4. The summed E-state index contributed by atoms with van der Waals surface area (Å²) in [4.78, 5) is 28.6. The molecule has 0 aromatic heterocycles. The van der Waals surface area contributed by atoms with Gasteiger partial charge >= 0.3 is 0 Å². The zero-order chi connectivity index (χ0) is 22.0. The largest absolute Gasteiger partial charge is 0.495 e. The fourth-order valence-electron chi connectivity index (χ4n) is 4.48. The molecule has 2 aromatic carbocycles. The van der Waals surface area contributed by atoms with E-state index in [1.807, 2.05) is 23.3 Å². The van der Waals surface area contributed by atoms with E-state index in [9.17, 15) is 9.59 Å². The van der Waals surface area contributed by atoms with E-state index in [2.05, 4.69) is 17.4 Å². The highest BCUT2D eigenvalue weighted by Crippen LogP contribution is 2.59. The van der Waals surface area contributed by atoms with Gasteiger partial charge in [-0.15, -0.1) is 11.8 Å². The summed E-state index contributed by atoms with van der Waals surface area (Å²) >= 11 is 7.85. The summed E-state index contributed by atoms with van der Waals surface area (Å²) < 4.78 is 5.15. The number of nitrogens with one attached hydrogen (secondary N) is 1. The van der Waals surface area contributed by atoms with Crippen LogP contribution in [0, 0.1) is 11.3 Å². The van der Waals surface area contributed by atoms with Crippen LogP contribution in [0.4, 0.5) is 5.69 Å². The van der Waals surface area contributed by atoms with Gasteiger partial charge in [0.25, 0.3) is 0 Å². The van der Waals surface area contributed by atoms with Gasteiger partial charge in [0.05, 0.1) is 18.6 Å². The molecular weight excluding hydrogens is 432 g/mol. The predicted octanol–water partition coefficient (Wildman–Crippen LogP) is 4.88. The lowest BCUT2D eigenvalue weighted by molar-refractivity contribution is -0.132. The molecule has 1 N–H and O–H groups in total. The van der Waals surface area contributed by atoms with E-state index in [4.69, 9.17) is 16.3 Å². The second-order valence-electron chi connectivity index (χ2n) is 8.36. The fraction of sp³-hybridized carbons (Fsp3) is 0.417. The Bertz CT molecular complexity index is 971. The van der Waals surface area contributed by atoms with Crippen LogP contribution in [0.15, 0.2) is 47.4 Å². The molecule has 31 heavy (non-hydrogen) atoms. The Hall–Kier alpha value is -2.18. The smallest absolute Gasteiger partial charge is 0.228 e. The molecule has 1 spiro atoms. The molecule has 1 aliphatic carbocycles. The molecule has 2 aliphatic rings. The molecule has 1 saturated heterocycles. The number of hydrogen-bond acceptors (Lipinski definition) is 4. The number of likely N-dealkylation sites (tertiary alicyclic amines) is 1. The van der Waals surface area contributed by atoms with Crippen LogP contribution < -0.4 is 10.1 Å². The summed E-state index contributed by atoms with van der Waals surface area (Å²) in [5.41, 5.74) is 1.76. The van der Waals surface area contributed by atoms with Gasteiger partial charge in [-0.25, -0.2) is 0 Å². The van der Waals surface area contributed by atoms with Crippen LogP contribution in [0.1, 0.15) is 24.8 Å². The number of nitrogens with zero attached hydrogens (tertiary/aromatic N) is 1. The van der Waals surface area contributed by atoms with E-state index in [1.165, 1.54) is 4.90 Å². The molecule has 1 heterocycles. The Morgan fingerprint density at radius 2 is 1.90 bits per heavy atom. The maximum absolute atomic E-state index is 12.8. The summed E-state index contributed by atoms with van der Waals surface area (Å²) in [6, 6.07) is 13.4. The second-order valence-corrected chi connectivity index (χ2v) is 9.65. The number of piperidine rings is 1. The monoisotopic (exact) mass is 458 g/mol. The Labute approximate surface area is 192 Å². The summed E-state index contributed by atoms with van der Waals surface area (Å²) in [6.07, 6.45) is 5.13. The number of halogens is 1. The van der Waals surface area contributed by atoms with Crippen molar-refractivity contribution in [3.63, 3.8) is 0 Å². The van der Waals surface area contributed by atoms with Crippen LogP contribution in [-0.4, -0.2) is 43.2 Å². The molecule has 7 heteroatoms. The number of thioether (sulfide) groups is 1. The Morgan fingerprint density at radius 1 is 1.19 bits per heavy atom. The van der Waals surface area contributed by atoms with E-state index >= 15 is 0 Å². The van der Waals surface area contributed by atoms with E-state index in [0.717, 1.165) is 37.9 Å². The highest BCUT2D eigenvalue weighted by molar-refractivity contribution is 7.98. The minimum atomic E-state index is 0.00437. The quantitative estimate of drug-likeness (QED) is 0.627. The molecule has 5 nitrogen and oxygen atoms in total. The first kappa shape index (κ1) is 22.0. The number of rotatable bonds is 6.